The molecule has 4 rings (SSSR count). The van der Waals surface area contributed by atoms with Crippen molar-refractivity contribution in [3.8, 4) is 34.5 Å². The Morgan fingerprint density at radius 1 is 0.745 bits per heavy atom. The second kappa shape index (κ2) is 16.5. The van der Waals surface area contributed by atoms with Crippen molar-refractivity contribution in [2.75, 3.05) is 14.2 Å². The Morgan fingerprint density at radius 3 is 1.86 bits per heavy atom. The van der Waals surface area contributed by atoms with Gasteiger partial charge in [-0.25, -0.2) is 14.4 Å². The summed E-state index contributed by atoms with van der Waals surface area (Å²) in [6.45, 7) is 0. The van der Waals surface area contributed by atoms with E-state index >= 15 is 0 Å². The Bertz CT molecular complexity index is 1830. The number of phenols is 4. The highest BCUT2D eigenvalue weighted by atomic mass is 16.6. The summed E-state index contributed by atoms with van der Waals surface area (Å²) in [5.41, 5.74) is -1.14. The fourth-order valence-corrected chi connectivity index (χ4v) is 5.31. The van der Waals surface area contributed by atoms with Crippen LogP contribution in [-0.2, 0) is 39.8 Å². The van der Waals surface area contributed by atoms with Gasteiger partial charge in [0, 0.05) is 31.4 Å². The van der Waals surface area contributed by atoms with Crippen LogP contribution in [0.4, 0.5) is 0 Å². The second-order valence-electron chi connectivity index (χ2n) is 11.5. The fourth-order valence-electron chi connectivity index (χ4n) is 5.31. The first kappa shape index (κ1) is 37.6. The van der Waals surface area contributed by atoms with Crippen molar-refractivity contribution in [2.45, 2.75) is 49.6 Å². The van der Waals surface area contributed by atoms with Gasteiger partial charge in [-0.15, -0.1) is 0 Å². The number of phenolic OH excluding ortho intramolecular Hbond substituents is 4. The number of aliphatic hydroxyl groups excluding tert-OH is 1. The number of aryl methyl sites for hydroxylation is 1. The summed E-state index contributed by atoms with van der Waals surface area (Å²) in [7, 11) is 2.67. The Balaban J connectivity index is 1.55. The monoisotopic (exact) mass is 708 g/mol. The van der Waals surface area contributed by atoms with Gasteiger partial charge < -0.3 is 54.3 Å². The van der Waals surface area contributed by atoms with Crippen molar-refractivity contribution in [3.05, 3.63) is 83.4 Å². The van der Waals surface area contributed by atoms with Crippen molar-refractivity contribution in [1.82, 2.24) is 0 Å². The van der Waals surface area contributed by atoms with Crippen molar-refractivity contribution < 1.29 is 73.5 Å². The van der Waals surface area contributed by atoms with Crippen molar-refractivity contribution >= 4 is 36.0 Å². The molecule has 0 aliphatic heterocycles. The number of hydrogen-bond donors (Lipinski definition) is 6. The minimum Gasteiger partial charge on any atom is -0.504 e. The van der Waals surface area contributed by atoms with Crippen LogP contribution in [0.15, 0.2) is 66.7 Å². The molecule has 0 bridgehead atoms. The first-order valence-corrected chi connectivity index (χ1v) is 15.4. The third kappa shape index (κ3) is 9.70. The van der Waals surface area contributed by atoms with Gasteiger partial charge >= 0.3 is 23.9 Å². The maximum Gasteiger partial charge on any atom is 0.348 e. The quantitative estimate of drug-likeness (QED) is 0.0647. The number of carboxylic acids is 1. The molecular formula is C36H36O15. The first-order chi connectivity index (χ1) is 24.2. The number of hydrogen-bond acceptors (Lipinski definition) is 14. The molecule has 0 aromatic heterocycles. The summed E-state index contributed by atoms with van der Waals surface area (Å²) in [4.78, 5) is 51.4. The molecule has 3 aromatic carbocycles. The highest BCUT2D eigenvalue weighted by molar-refractivity contribution is 5.91. The van der Waals surface area contributed by atoms with Gasteiger partial charge in [0.15, 0.2) is 40.6 Å². The van der Waals surface area contributed by atoms with Gasteiger partial charge in [0.2, 0.25) is 5.60 Å². The zero-order valence-corrected chi connectivity index (χ0v) is 27.4. The minimum atomic E-state index is -2.43. The zero-order valence-electron chi connectivity index (χ0n) is 27.4. The molecule has 15 heteroatoms. The first-order valence-electron chi connectivity index (χ1n) is 15.4. The number of aliphatic carboxylic acids is 1. The number of esters is 3. The van der Waals surface area contributed by atoms with Crippen LogP contribution in [0.2, 0.25) is 0 Å². The molecule has 4 unspecified atom stereocenters. The third-order valence-corrected chi connectivity index (χ3v) is 7.93. The van der Waals surface area contributed by atoms with Gasteiger partial charge in [0.1, 0.15) is 6.10 Å². The lowest BCUT2D eigenvalue weighted by Gasteiger charge is -2.42. The lowest BCUT2D eigenvalue weighted by atomic mass is 9.79. The fraction of sp³-hybridized carbons (Fsp3) is 0.278. The summed E-state index contributed by atoms with van der Waals surface area (Å²) in [6, 6.07) is 12.4. The second-order valence-corrected chi connectivity index (χ2v) is 11.5. The molecule has 1 saturated carbocycles. The van der Waals surface area contributed by atoms with E-state index in [4.69, 9.17) is 23.7 Å². The Hall–Kier alpha value is -6.22. The third-order valence-electron chi connectivity index (χ3n) is 7.93. The van der Waals surface area contributed by atoms with E-state index in [1.54, 1.807) is 0 Å². The Kier molecular flexibility index (Phi) is 12.1. The van der Waals surface area contributed by atoms with E-state index in [1.165, 1.54) is 81.0 Å². The van der Waals surface area contributed by atoms with Gasteiger partial charge in [-0.3, -0.25) is 4.79 Å². The molecule has 270 valence electrons. The Labute approximate surface area is 291 Å². The van der Waals surface area contributed by atoms with E-state index < -0.39 is 66.4 Å². The van der Waals surface area contributed by atoms with Gasteiger partial charge in [-0.2, -0.15) is 0 Å². The average molecular weight is 709 g/mol. The molecule has 4 atom stereocenters. The number of carbonyl (C=O) groups is 4. The molecular weight excluding hydrogens is 672 g/mol. The number of benzene rings is 3. The van der Waals surface area contributed by atoms with E-state index in [1.807, 2.05) is 0 Å². The van der Waals surface area contributed by atoms with E-state index in [2.05, 4.69) is 0 Å². The lowest BCUT2D eigenvalue weighted by Crippen LogP contribution is -2.59. The number of ether oxygens (including phenoxy) is 5. The molecule has 0 heterocycles. The molecule has 1 fully saturated rings. The summed E-state index contributed by atoms with van der Waals surface area (Å²) in [5.74, 6) is -5.49. The number of aliphatic hydroxyl groups is 1. The zero-order chi connectivity index (χ0) is 37.3. The van der Waals surface area contributed by atoms with Crippen LogP contribution in [0, 0.1) is 0 Å². The molecule has 0 spiro atoms. The van der Waals surface area contributed by atoms with E-state index in [0.29, 0.717) is 16.7 Å². The smallest absolute Gasteiger partial charge is 0.348 e. The Morgan fingerprint density at radius 2 is 1.31 bits per heavy atom. The van der Waals surface area contributed by atoms with Crippen molar-refractivity contribution in [2.24, 2.45) is 0 Å². The van der Waals surface area contributed by atoms with Crippen LogP contribution in [0.1, 0.15) is 36.0 Å². The van der Waals surface area contributed by atoms with Crippen LogP contribution in [0.3, 0.4) is 0 Å². The van der Waals surface area contributed by atoms with Crippen molar-refractivity contribution in [3.63, 3.8) is 0 Å². The number of aromatic hydroxyl groups is 4. The van der Waals surface area contributed by atoms with Crippen LogP contribution in [0.5, 0.6) is 34.5 Å². The van der Waals surface area contributed by atoms with Gasteiger partial charge in [0.25, 0.3) is 0 Å². The molecule has 6 N–H and O–H groups in total. The molecule has 51 heavy (non-hydrogen) atoms. The largest absolute Gasteiger partial charge is 0.504 e. The topological polar surface area (TPSA) is 236 Å². The number of rotatable bonds is 13. The van der Waals surface area contributed by atoms with Gasteiger partial charge in [-0.1, -0.05) is 18.2 Å². The van der Waals surface area contributed by atoms with Crippen LogP contribution in [-0.4, -0.2) is 92.6 Å². The van der Waals surface area contributed by atoms with Crippen LogP contribution < -0.4 is 9.47 Å². The summed E-state index contributed by atoms with van der Waals surface area (Å²) >= 11 is 0. The maximum atomic E-state index is 13.0. The molecule has 1 aliphatic carbocycles. The summed E-state index contributed by atoms with van der Waals surface area (Å²) in [5, 5.41) is 60.3. The molecule has 1 aliphatic rings. The molecule has 15 nitrogen and oxygen atoms in total. The van der Waals surface area contributed by atoms with Crippen LogP contribution >= 0.6 is 0 Å². The van der Waals surface area contributed by atoms with Crippen molar-refractivity contribution in [1.29, 1.82) is 0 Å². The SMILES string of the molecule is COc1cc(C=CC(=O)OC2C(O)CC(OC(=O)C=Cc3ccc(O)c(OC)c3)(C(=O)O)CC2OC(=O)CCc2ccc(O)c(O)c2)ccc1O. The predicted molar refractivity (Wildman–Crippen MR) is 177 cm³/mol. The normalized spacial score (nSPS) is 20.1. The van der Waals surface area contributed by atoms with E-state index in [9.17, 15) is 49.8 Å². The number of carboxylic acid groups (broad SMARTS) is 1. The van der Waals surface area contributed by atoms with Crippen LogP contribution in [0.25, 0.3) is 12.2 Å². The summed E-state index contributed by atoms with van der Waals surface area (Å²) in [6.07, 6.45) is -2.23. The highest BCUT2D eigenvalue weighted by Crippen LogP contribution is 2.37. The van der Waals surface area contributed by atoms with E-state index in [-0.39, 0.29) is 41.6 Å². The lowest BCUT2D eigenvalue weighted by molar-refractivity contribution is -0.214. The predicted octanol–water partition coefficient (Wildman–Crippen LogP) is 3.23. The molecule has 3 aromatic rings. The number of carbonyl (C=O) groups excluding carboxylic acids is 3. The minimum absolute atomic E-state index is 0.0249. The maximum absolute atomic E-state index is 13.0. The average Bonchev–Trinajstić information content (AvgIpc) is 3.09. The van der Waals surface area contributed by atoms with Gasteiger partial charge in [0.05, 0.1) is 20.3 Å². The highest BCUT2D eigenvalue weighted by Gasteiger charge is 2.56. The standard InChI is InChI=1S/C36H36O15/c1-47-28-16-21(4-10-24(28)38)7-13-32(43)50-34-27(41)18-36(35(45)46,51-33(44)14-8-22-5-11-25(39)29(17-22)48-2)19-30(34)49-31(42)12-6-20-3-9-23(37)26(40)15-20/h3-5,7-11,13-17,27,30,34,37-41H,6,12,18-19H2,1-2H3,(H,45,46). The van der Waals surface area contributed by atoms with E-state index in [0.717, 1.165) is 12.2 Å². The molecule has 0 amide bonds. The molecule has 0 radical (unpaired) electrons. The molecule has 0 saturated heterocycles. The van der Waals surface area contributed by atoms with Gasteiger partial charge in [-0.05, 0) is 71.7 Å². The summed E-state index contributed by atoms with van der Waals surface area (Å²) < 4.78 is 26.5. The number of methoxy groups -OCH3 is 2.